The normalized spacial score (nSPS) is 20.6. The van der Waals surface area contributed by atoms with Gasteiger partial charge in [0.2, 0.25) is 0 Å². The van der Waals surface area contributed by atoms with Crippen molar-refractivity contribution in [3.63, 3.8) is 0 Å². The third kappa shape index (κ3) is 11.3. The van der Waals surface area contributed by atoms with Crippen LogP contribution in [0.3, 0.4) is 0 Å². The van der Waals surface area contributed by atoms with Crippen molar-refractivity contribution in [3.05, 3.63) is 83.0 Å². The zero-order chi connectivity index (χ0) is 36.9. The highest BCUT2D eigenvalue weighted by atomic mass is 19.1. The molecule has 2 fully saturated rings. The van der Waals surface area contributed by atoms with E-state index in [4.69, 9.17) is 9.47 Å². The minimum atomic E-state index is -0.666. The molecule has 2 N–H and O–H groups in total. The lowest BCUT2D eigenvalue weighted by Crippen LogP contribution is -2.28. The molecule has 51 heavy (non-hydrogen) atoms. The van der Waals surface area contributed by atoms with Crippen molar-refractivity contribution >= 4 is 11.9 Å². The predicted octanol–water partition coefficient (Wildman–Crippen LogP) is 9.20. The van der Waals surface area contributed by atoms with Gasteiger partial charge in [-0.25, -0.2) is 18.4 Å². The topological polar surface area (TPSA) is 93.1 Å². The fourth-order valence-electron chi connectivity index (χ4n) is 8.26. The van der Waals surface area contributed by atoms with Gasteiger partial charge in [0.1, 0.15) is 11.6 Å². The second-order valence-electron chi connectivity index (χ2n) is 14.9. The first-order chi connectivity index (χ1) is 24.6. The Labute approximate surface area is 303 Å². The Morgan fingerprint density at radius 3 is 1.86 bits per heavy atom. The Hall–Kier alpha value is -3.36. The van der Waals surface area contributed by atoms with Crippen molar-refractivity contribution in [1.29, 1.82) is 0 Å². The van der Waals surface area contributed by atoms with Crippen LogP contribution in [0.1, 0.15) is 114 Å². The standard InChI is InChI=1S/C43H58F2O6/c1-5-7-8-9-31-21-39(44)41(40(45)22-31)37-18-19-38(33(6-2)23-37)36-16-14-35(15-17-36)34-12-10-30(11-13-34)20-32(26-50-42(48)28(3)24-46)27-51-43(49)29(4)25-47/h18-19,21-23,30,32,34-36,46-47H,3-17,20,24-27H2,1-2H3. The smallest absolute Gasteiger partial charge is 0.335 e. The summed E-state index contributed by atoms with van der Waals surface area (Å²) >= 11 is 0. The van der Waals surface area contributed by atoms with Gasteiger partial charge in [-0.2, -0.15) is 0 Å². The number of hydrogen-bond donors (Lipinski definition) is 2. The van der Waals surface area contributed by atoms with Crippen molar-refractivity contribution < 1.29 is 38.1 Å². The highest BCUT2D eigenvalue weighted by Gasteiger charge is 2.33. The van der Waals surface area contributed by atoms with Gasteiger partial charge in [0.05, 0.1) is 43.1 Å². The SMILES string of the molecule is C=C(CO)C(=O)OCC(COC(=O)C(=C)CO)CC1CCC(C2CCC(c3ccc(-c4c(F)cc(CCCCC)cc4F)cc3CC)CC2)CC1. The number of aryl methyl sites for hydroxylation is 2. The van der Waals surface area contributed by atoms with Crippen LogP contribution in [0, 0.1) is 35.3 Å². The third-order valence-corrected chi connectivity index (χ3v) is 11.3. The average molecular weight is 709 g/mol. The monoisotopic (exact) mass is 708 g/mol. The summed E-state index contributed by atoms with van der Waals surface area (Å²) in [5.74, 6) is -0.300. The number of halogens is 2. The molecule has 0 aliphatic heterocycles. The fraction of sp³-hybridized carbons (Fsp3) is 0.581. The van der Waals surface area contributed by atoms with E-state index in [9.17, 15) is 19.8 Å². The van der Waals surface area contributed by atoms with Crippen LogP contribution in [0.4, 0.5) is 8.78 Å². The summed E-state index contributed by atoms with van der Waals surface area (Å²) in [6.07, 6.45) is 14.3. The van der Waals surface area contributed by atoms with Crippen LogP contribution in [0.5, 0.6) is 0 Å². The van der Waals surface area contributed by atoms with Crippen LogP contribution in [0.25, 0.3) is 11.1 Å². The Kier molecular flexibility index (Phi) is 15.9. The molecule has 0 saturated heterocycles. The first-order valence-electron chi connectivity index (χ1n) is 19.1. The molecule has 8 heteroatoms. The lowest BCUT2D eigenvalue weighted by Gasteiger charge is -2.39. The summed E-state index contributed by atoms with van der Waals surface area (Å²) in [6.45, 7) is 10.4. The minimum Gasteiger partial charge on any atom is -0.462 e. The zero-order valence-electron chi connectivity index (χ0n) is 30.7. The number of esters is 2. The summed E-state index contributed by atoms with van der Waals surface area (Å²) in [5, 5.41) is 18.4. The molecular weight excluding hydrogens is 650 g/mol. The third-order valence-electron chi connectivity index (χ3n) is 11.3. The number of benzene rings is 2. The van der Waals surface area contributed by atoms with E-state index in [-0.39, 0.29) is 35.8 Å². The Morgan fingerprint density at radius 1 is 0.804 bits per heavy atom. The van der Waals surface area contributed by atoms with Gasteiger partial charge in [-0.15, -0.1) is 0 Å². The molecule has 0 heterocycles. The second kappa shape index (κ2) is 20.0. The molecule has 0 unspecified atom stereocenters. The van der Waals surface area contributed by atoms with Crippen LogP contribution in [0.15, 0.2) is 54.6 Å². The molecule has 0 radical (unpaired) electrons. The quantitative estimate of drug-likeness (QED) is 0.0912. The van der Waals surface area contributed by atoms with Gasteiger partial charge in [0.25, 0.3) is 0 Å². The molecule has 0 bridgehead atoms. The molecule has 2 aliphatic carbocycles. The second-order valence-corrected chi connectivity index (χ2v) is 14.9. The highest BCUT2D eigenvalue weighted by molar-refractivity contribution is 5.88. The first kappa shape index (κ1) is 40.4. The maximum atomic E-state index is 15.2. The highest BCUT2D eigenvalue weighted by Crippen LogP contribution is 2.46. The maximum absolute atomic E-state index is 15.2. The van der Waals surface area contributed by atoms with Crippen molar-refractivity contribution in [3.8, 4) is 11.1 Å². The largest absolute Gasteiger partial charge is 0.462 e. The molecule has 280 valence electrons. The molecule has 0 atom stereocenters. The van der Waals surface area contributed by atoms with E-state index in [0.717, 1.165) is 76.2 Å². The molecule has 2 saturated carbocycles. The van der Waals surface area contributed by atoms with Gasteiger partial charge in [0.15, 0.2) is 0 Å². The number of carbonyl (C=O) groups is 2. The van der Waals surface area contributed by atoms with E-state index in [1.165, 1.54) is 36.1 Å². The number of unbranched alkanes of at least 4 members (excludes halogenated alkanes) is 2. The van der Waals surface area contributed by atoms with Gasteiger partial charge in [-0.3, -0.25) is 0 Å². The summed E-state index contributed by atoms with van der Waals surface area (Å²) in [4.78, 5) is 24.2. The van der Waals surface area contributed by atoms with Crippen molar-refractivity contribution in [2.45, 2.75) is 110 Å². The van der Waals surface area contributed by atoms with Gasteiger partial charge < -0.3 is 19.7 Å². The van der Waals surface area contributed by atoms with Crippen molar-refractivity contribution in [2.24, 2.45) is 23.7 Å². The molecule has 2 aromatic carbocycles. The van der Waals surface area contributed by atoms with Gasteiger partial charge >= 0.3 is 11.9 Å². The molecule has 2 aliphatic rings. The molecule has 6 nitrogen and oxygen atoms in total. The van der Waals surface area contributed by atoms with Crippen molar-refractivity contribution in [1.82, 2.24) is 0 Å². The Bertz CT molecular complexity index is 1430. The first-order valence-corrected chi connectivity index (χ1v) is 19.1. The number of hydrogen-bond acceptors (Lipinski definition) is 6. The van der Waals surface area contributed by atoms with Gasteiger partial charge in [-0.1, -0.05) is 70.9 Å². The number of aliphatic hydroxyl groups is 2. The van der Waals surface area contributed by atoms with E-state index in [1.54, 1.807) is 0 Å². The molecule has 0 aromatic heterocycles. The summed E-state index contributed by atoms with van der Waals surface area (Å²) < 4.78 is 41.1. The van der Waals surface area contributed by atoms with E-state index in [0.29, 0.717) is 35.7 Å². The van der Waals surface area contributed by atoms with E-state index in [2.05, 4.69) is 33.1 Å². The summed E-state index contributed by atoms with van der Waals surface area (Å²) in [5.41, 5.74) is 3.85. The summed E-state index contributed by atoms with van der Waals surface area (Å²) in [6, 6.07) is 9.03. The molecule has 0 amide bonds. The lowest BCUT2D eigenvalue weighted by molar-refractivity contribution is -0.145. The van der Waals surface area contributed by atoms with Crippen LogP contribution < -0.4 is 0 Å². The van der Waals surface area contributed by atoms with Crippen LogP contribution in [0.2, 0.25) is 0 Å². The van der Waals surface area contributed by atoms with E-state index >= 15 is 8.78 Å². The fourth-order valence-corrected chi connectivity index (χ4v) is 8.26. The van der Waals surface area contributed by atoms with Gasteiger partial charge in [0, 0.05) is 5.92 Å². The maximum Gasteiger partial charge on any atom is 0.335 e. The minimum absolute atomic E-state index is 0.0259. The number of ether oxygens (including phenoxy) is 2. The van der Waals surface area contributed by atoms with Crippen LogP contribution in [-0.2, 0) is 31.9 Å². The number of aliphatic hydroxyl groups excluding tert-OH is 2. The number of carbonyl (C=O) groups excluding carboxylic acids is 2. The summed E-state index contributed by atoms with van der Waals surface area (Å²) in [7, 11) is 0. The van der Waals surface area contributed by atoms with Gasteiger partial charge in [-0.05, 0) is 122 Å². The zero-order valence-corrected chi connectivity index (χ0v) is 30.7. The Balaban J connectivity index is 1.30. The van der Waals surface area contributed by atoms with Crippen LogP contribution >= 0.6 is 0 Å². The Morgan fingerprint density at radius 2 is 1.35 bits per heavy atom. The molecule has 4 rings (SSSR count). The van der Waals surface area contributed by atoms with Crippen molar-refractivity contribution in [2.75, 3.05) is 26.4 Å². The molecular formula is C43H58F2O6. The van der Waals surface area contributed by atoms with E-state index < -0.39 is 36.8 Å². The predicted molar refractivity (Wildman–Crippen MR) is 197 cm³/mol. The lowest BCUT2D eigenvalue weighted by atomic mass is 9.67. The molecule has 0 spiro atoms. The number of rotatable bonds is 18. The van der Waals surface area contributed by atoms with Crippen LogP contribution in [-0.4, -0.2) is 48.6 Å². The molecule has 2 aromatic rings. The average Bonchev–Trinajstić information content (AvgIpc) is 3.15. The van der Waals surface area contributed by atoms with E-state index in [1.807, 2.05) is 12.1 Å².